The summed E-state index contributed by atoms with van der Waals surface area (Å²) in [7, 11) is 0. The molecule has 0 saturated carbocycles. The van der Waals surface area contributed by atoms with Gasteiger partial charge in [-0.05, 0) is 6.42 Å². The van der Waals surface area contributed by atoms with Crippen molar-refractivity contribution in [3.63, 3.8) is 0 Å². The molecule has 0 unspecified atom stereocenters. The van der Waals surface area contributed by atoms with Gasteiger partial charge in [-0.3, -0.25) is 9.80 Å². The highest BCUT2D eigenvalue weighted by Gasteiger charge is 2.28. The molecule has 0 amide bonds. The Morgan fingerprint density at radius 1 is 0.929 bits per heavy atom. The van der Waals surface area contributed by atoms with E-state index >= 15 is 0 Å². The van der Waals surface area contributed by atoms with Crippen LogP contribution in [0.2, 0.25) is 0 Å². The van der Waals surface area contributed by atoms with Crippen LogP contribution in [0.15, 0.2) is 38.0 Å². The Morgan fingerprint density at radius 3 is 1.79 bits per heavy atom. The summed E-state index contributed by atoms with van der Waals surface area (Å²) in [6, 6.07) is 0. The Labute approximate surface area is 87.2 Å². The lowest BCUT2D eigenvalue weighted by molar-refractivity contribution is 0.161. The van der Waals surface area contributed by atoms with E-state index in [2.05, 4.69) is 29.5 Å². The Balaban J connectivity index is 2.57. The van der Waals surface area contributed by atoms with Gasteiger partial charge in [-0.2, -0.15) is 0 Å². The average molecular weight is 192 g/mol. The summed E-state index contributed by atoms with van der Waals surface area (Å²) in [6.07, 6.45) is 7.42. The van der Waals surface area contributed by atoms with Gasteiger partial charge in [0.05, 0.1) is 6.17 Å². The molecule has 78 valence electrons. The second-order valence-corrected chi connectivity index (χ2v) is 3.57. The molecule has 0 radical (unpaired) electrons. The first kappa shape index (κ1) is 11.2. The predicted molar refractivity (Wildman–Crippen MR) is 62.1 cm³/mol. The molecule has 0 aromatic rings. The minimum Gasteiger partial charge on any atom is -0.283 e. The summed E-state index contributed by atoms with van der Waals surface area (Å²) < 4.78 is 0. The van der Waals surface area contributed by atoms with Gasteiger partial charge in [0, 0.05) is 26.2 Å². The Kier molecular flexibility index (Phi) is 4.63. The average Bonchev–Trinajstić information content (AvgIpc) is 2.52. The first-order valence-electron chi connectivity index (χ1n) is 5.14. The first-order valence-corrected chi connectivity index (χ1v) is 5.14. The zero-order valence-corrected chi connectivity index (χ0v) is 8.86. The van der Waals surface area contributed by atoms with Gasteiger partial charge >= 0.3 is 0 Å². The zero-order chi connectivity index (χ0) is 10.4. The van der Waals surface area contributed by atoms with E-state index in [9.17, 15) is 0 Å². The number of rotatable bonds is 6. The highest BCUT2D eigenvalue weighted by atomic mass is 15.4. The Morgan fingerprint density at radius 2 is 1.43 bits per heavy atom. The number of nitrogens with zero attached hydrogens (tertiary/aromatic N) is 2. The first-order chi connectivity index (χ1) is 6.83. The van der Waals surface area contributed by atoms with Crippen LogP contribution in [0.3, 0.4) is 0 Å². The van der Waals surface area contributed by atoms with Crippen molar-refractivity contribution in [3.05, 3.63) is 38.0 Å². The molecule has 0 aromatic heterocycles. The fourth-order valence-corrected chi connectivity index (χ4v) is 1.99. The predicted octanol–water partition coefficient (Wildman–Crippen LogP) is 1.88. The normalized spacial score (nSPS) is 19.7. The van der Waals surface area contributed by atoms with E-state index in [1.807, 2.05) is 18.2 Å². The van der Waals surface area contributed by atoms with Gasteiger partial charge in [0.2, 0.25) is 0 Å². The smallest absolute Gasteiger partial charge is 0.0664 e. The van der Waals surface area contributed by atoms with Crippen LogP contribution in [-0.4, -0.2) is 42.1 Å². The van der Waals surface area contributed by atoms with Crippen molar-refractivity contribution in [2.45, 2.75) is 12.6 Å². The third-order valence-corrected chi connectivity index (χ3v) is 2.62. The molecule has 2 heteroatoms. The second kappa shape index (κ2) is 5.78. The molecule has 1 fully saturated rings. The van der Waals surface area contributed by atoms with E-state index < -0.39 is 0 Å². The summed E-state index contributed by atoms with van der Waals surface area (Å²) in [6.45, 7) is 15.6. The molecule has 1 aliphatic heterocycles. The van der Waals surface area contributed by atoms with Crippen molar-refractivity contribution in [3.8, 4) is 0 Å². The topological polar surface area (TPSA) is 6.48 Å². The number of hydrogen-bond acceptors (Lipinski definition) is 2. The maximum atomic E-state index is 3.81. The lowest BCUT2D eigenvalue weighted by Gasteiger charge is -2.27. The van der Waals surface area contributed by atoms with Crippen molar-refractivity contribution >= 4 is 0 Å². The second-order valence-electron chi connectivity index (χ2n) is 3.57. The van der Waals surface area contributed by atoms with Crippen molar-refractivity contribution in [2.75, 3.05) is 26.2 Å². The third-order valence-electron chi connectivity index (χ3n) is 2.62. The SMILES string of the molecule is C=CCC1N(CC=C)CCN1CC=C. The van der Waals surface area contributed by atoms with Crippen LogP contribution in [0.1, 0.15) is 6.42 Å². The standard InChI is InChI=1S/C12H20N2/c1-4-7-12-13(8-5-2)10-11-14(12)9-6-3/h4-6,12H,1-3,7-11H2. The minimum absolute atomic E-state index is 0.489. The lowest BCUT2D eigenvalue weighted by atomic mass is 10.3. The van der Waals surface area contributed by atoms with Crippen LogP contribution in [-0.2, 0) is 0 Å². The van der Waals surface area contributed by atoms with Crippen LogP contribution in [0, 0.1) is 0 Å². The third kappa shape index (κ3) is 2.56. The van der Waals surface area contributed by atoms with E-state index in [1.165, 1.54) is 0 Å². The summed E-state index contributed by atoms with van der Waals surface area (Å²) in [4.78, 5) is 4.86. The molecule has 1 heterocycles. The molecule has 0 bridgehead atoms. The lowest BCUT2D eigenvalue weighted by Crippen LogP contribution is -2.38. The summed E-state index contributed by atoms with van der Waals surface area (Å²) in [5.41, 5.74) is 0. The van der Waals surface area contributed by atoms with Crippen LogP contribution >= 0.6 is 0 Å². The number of hydrogen-bond donors (Lipinski definition) is 0. The molecule has 0 spiro atoms. The van der Waals surface area contributed by atoms with E-state index in [0.717, 1.165) is 32.6 Å². The molecule has 1 saturated heterocycles. The largest absolute Gasteiger partial charge is 0.283 e. The minimum atomic E-state index is 0.489. The van der Waals surface area contributed by atoms with Gasteiger partial charge in [0.25, 0.3) is 0 Å². The fraction of sp³-hybridized carbons (Fsp3) is 0.500. The maximum Gasteiger partial charge on any atom is 0.0664 e. The zero-order valence-electron chi connectivity index (χ0n) is 8.86. The van der Waals surface area contributed by atoms with Gasteiger partial charge < -0.3 is 0 Å². The molecule has 0 atom stereocenters. The molecule has 1 aliphatic rings. The van der Waals surface area contributed by atoms with E-state index in [-0.39, 0.29) is 0 Å². The van der Waals surface area contributed by atoms with Gasteiger partial charge in [-0.15, -0.1) is 19.7 Å². The van der Waals surface area contributed by atoms with E-state index in [4.69, 9.17) is 0 Å². The highest BCUT2D eigenvalue weighted by molar-refractivity contribution is 4.91. The summed E-state index contributed by atoms with van der Waals surface area (Å²) in [5.74, 6) is 0. The summed E-state index contributed by atoms with van der Waals surface area (Å²) in [5, 5.41) is 0. The molecule has 0 aliphatic carbocycles. The van der Waals surface area contributed by atoms with E-state index in [0.29, 0.717) is 6.17 Å². The molecule has 1 rings (SSSR count). The molecular formula is C12H20N2. The van der Waals surface area contributed by atoms with Crippen molar-refractivity contribution < 1.29 is 0 Å². The van der Waals surface area contributed by atoms with Crippen molar-refractivity contribution in [1.29, 1.82) is 0 Å². The quantitative estimate of drug-likeness (QED) is 0.593. The van der Waals surface area contributed by atoms with Crippen LogP contribution < -0.4 is 0 Å². The van der Waals surface area contributed by atoms with Gasteiger partial charge in [-0.25, -0.2) is 0 Å². The Hall–Kier alpha value is -0.860. The molecule has 14 heavy (non-hydrogen) atoms. The molecule has 0 N–H and O–H groups in total. The van der Waals surface area contributed by atoms with E-state index in [1.54, 1.807) is 0 Å². The van der Waals surface area contributed by atoms with Crippen LogP contribution in [0.4, 0.5) is 0 Å². The van der Waals surface area contributed by atoms with Gasteiger partial charge in [0.15, 0.2) is 0 Å². The highest BCUT2D eigenvalue weighted by Crippen LogP contribution is 2.17. The molecule has 0 aromatic carbocycles. The fourth-order valence-electron chi connectivity index (χ4n) is 1.99. The summed E-state index contributed by atoms with van der Waals surface area (Å²) >= 11 is 0. The van der Waals surface area contributed by atoms with Crippen LogP contribution in [0.25, 0.3) is 0 Å². The van der Waals surface area contributed by atoms with Gasteiger partial charge in [-0.1, -0.05) is 18.2 Å². The van der Waals surface area contributed by atoms with Crippen molar-refractivity contribution in [1.82, 2.24) is 9.80 Å². The maximum absolute atomic E-state index is 3.81. The monoisotopic (exact) mass is 192 g/mol. The van der Waals surface area contributed by atoms with Crippen LogP contribution in [0.5, 0.6) is 0 Å². The van der Waals surface area contributed by atoms with Gasteiger partial charge in [0.1, 0.15) is 0 Å². The van der Waals surface area contributed by atoms with Crippen molar-refractivity contribution in [2.24, 2.45) is 0 Å². The molecular weight excluding hydrogens is 172 g/mol. The molecule has 2 nitrogen and oxygen atoms in total. The Bertz CT molecular complexity index is 192.